The molecule has 0 aliphatic rings. The van der Waals surface area contributed by atoms with Crippen molar-refractivity contribution in [2.45, 2.75) is 78.4 Å². The predicted molar refractivity (Wildman–Crippen MR) is 74.3 cm³/mol. The molecule has 2 radical (unpaired) electrons. The molecule has 0 heterocycles. The van der Waals surface area contributed by atoms with Gasteiger partial charge < -0.3 is 14.5 Å². The van der Waals surface area contributed by atoms with Gasteiger partial charge in [-0.15, -0.1) is 11.1 Å². The number of ether oxygens (including phenoxy) is 2. The summed E-state index contributed by atoms with van der Waals surface area (Å²) in [6.45, 7) is 16.2. The van der Waals surface area contributed by atoms with Gasteiger partial charge in [-0.2, -0.15) is 0 Å². The van der Waals surface area contributed by atoms with Crippen molar-refractivity contribution in [1.82, 2.24) is 4.98 Å². The van der Waals surface area contributed by atoms with E-state index in [2.05, 4.69) is 4.98 Å². The molecule has 0 amide bonds. The minimum Gasteiger partial charge on any atom is -0.345 e. The van der Waals surface area contributed by atoms with Crippen LogP contribution in [0.2, 0.25) is 0 Å². The molecule has 0 atom stereocenters. The molecule has 0 rings (SSSR count). The zero-order valence-corrected chi connectivity index (χ0v) is 14.0. The van der Waals surface area contributed by atoms with E-state index < -0.39 is 0 Å². The minimum atomic E-state index is -0.353. The van der Waals surface area contributed by atoms with Crippen LogP contribution in [0.4, 0.5) is 0 Å². The lowest BCUT2D eigenvalue weighted by atomic mass is 10.0. The fourth-order valence-corrected chi connectivity index (χ4v) is 2.23. The van der Waals surface area contributed by atoms with Gasteiger partial charge in [0, 0.05) is 0 Å². The Morgan fingerprint density at radius 2 is 1.24 bits per heavy atom. The third-order valence-corrected chi connectivity index (χ3v) is 2.90. The molecule has 0 fully saturated rings. The number of hydrogen-bond acceptors (Lipinski definition) is 3. The van der Waals surface area contributed by atoms with Crippen molar-refractivity contribution in [3.63, 3.8) is 0 Å². The lowest BCUT2D eigenvalue weighted by molar-refractivity contribution is -0.258. The maximum Gasteiger partial charge on any atom is 0.271 e. The van der Waals surface area contributed by atoms with E-state index in [4.69, 9.17) is 20.6 Å². The summed E-state index contributed by atoms with van der Waals surface area (Å²) in [5.74, 6) is 0. The first-order valence-corrected chi connectivity index (χ1v) is 7.87. The van der Waals surface area contributed by atoms with Crippen molar-refractivity contribution in [3.8, 4) is 0 Å². The van der Waals surface area contributed by atoms with Gasteiger partial charge in [-0.05, 0) is 55.4 Å². The van der Waals surface area contributed by atoms with Crippen molar-refractivity contribution < 1.29 is 9.47 Å². The van der Waals surface area contributed by atoms with Crippen LogP contribution in [0.15, 0.2) is 0 Å². The molecule has 0 aromatic carbocycles. The summed E-state index contributed by atoms with van der Waals surface area (Å²) in [4.78, 5) is 3.21. The Hall–Kier alpha value is 0.387. The number of hydrogen-bond donors (Lipinski definition) is 1. The number of halogens is 1. The van der Waals surface area contributed by atoms with Crippen LogP contribution < -0.4 is 4.98 Å². The molecule has 3 nitrogen and oxygen atoms in total. The fourth-order valence-electron chi connectivity index (χ4n) is 1.14. The molecule has 0 saturated heterocycles. The highest BCUT2D eigenvalue weighted by Gasteiger charge is 2.36. The van der Waals surface area contributed by atoms with Gasteiger partial charge in [0.15, 0.2) is 6.29 Å². The van der Waals surface area contributed by atoms with Gasteiger partial charge in [-0.3, -0.25) is 0 Å². The van der Waals surface area contributed by atoms with Crippen LogP contribution in [0.5, 0.6) is 0 Å². The number of rotatable bonds is 5. The van der Waals surface area contributed by atoms with Crippen molar-refractivity contribution in [2.75, 3.05) is 0 Å². The van der Waals surface area contributed by atoms with Gasteiger partial charge in [0.25, 0.3) is 8.99 Å². The van der Waals surface area contributed by atoms with Crippen LogP contribution in [-0.2, 0) is 9.47 Å². The second-order valence-electron chi connectivity index (χ2n) is 6.73. The van der Waals surface area contributed by atoms with Crippen LogP contribution >= 0.6 is 11.1 Å². The molecule has 0 aromatic rings. The molecular formula is C12H26ClNO2Si. The normalized spacial score (nSPS) is 14.5. The van der Waals surface area contributed by atoms with Crippen LogP contribution in [0, 0.1) is 0 Å². The van der Waals surface area contributed by atoms with E-state index in [0.717, 1.165) is 0 Å². The average molecular weight is 280 g/mol. The van der Waals surface area contributed by atoms with E-state index in [9.17, 15) is 0 Å². The first kappa shape index (κ1) is 17.4. The Kier molecular flexibility index (Phi) is 6.16. The molecule has 5 heteroatoms. The van der Waals surface area contributed by atoms with Crippen LogP contribution in [0.3, 0.4) is 0 Å². The monoisotopic (exact) mass is 279 g/mol. The summed E-state index contributed by atoms with van der Waals surface area (Å²) in [7, 11) is 0.137. The standard InChI is InChI=1S/C12H26ClNO2Si/c1-10(2,3)15-9(16-11(4,5)6)12(7,8)14-17-13/h9,14H,1-8H3. The van der Waals surface area contributed by atoms with E-state index in [1.54, 1.807) is 0 Å². The van der Waals surface area contributed by atoms with Gasteiger partial charge in [-0.25, -0.2) is 0 Å². The molecule has 0 unspecified atom stereocenters. The molecule has 0 saturated carbocycles. The molecule has 0 aliphatic carbocycles. The average Bonchev–Trinajstić information content (AvgIpc) is 1.96. The maximum absolute atomic E-state index is 5.99. The summed E-state index contributed by atoms with van der Waals surface area (Å²) in [6, 6.07) is 0. The van der Waals surface area contributed by atoms with Gasteiger partial charge in [-0.1, -0.05) is 0 Å². The Morgan fingerprint density at radius 1 is 0.882 bits per heavy atom. The zero-order chi connectivity index (χ0) is 13.9. The van der Waals surface area contributed by atoms with E-state index in [1.807, 2.05) is 55.4 Å². The van der Waals surface area contributed by atoms with Gasteiger partial charge >= 0.3 is 0 Å². The Balaban J connectivity index is 4.85. The van der Waals surface area contributed by atoms with Crippen LogP contribution in [0.25, 0.3) is 0 Å². The summed E-state index contributed by atoms with van der Waals surface area (Å²) in [5.41, 5.74) is -0.852. The number of nitrogens with one attached hydrogen (secondary N) is 1. The second-order valence-corrected chi connectivity index (χ2v) is 7.74. The highest BCUT2D eigenvalue weighted by molar-refractivity contribution is 6.92. The highest BCUT2D eigenvalue weighted by atomic mass is 35.6. The molecule has 17 heavy (non-hydrogen) atoms. The molecule has 0 bridgehead atoms. The minimum absolute atomic E-state index is 0.137. The Bertz CT molecular complexity index is 218. The van der Waals surface area contributed by atoms with E-state index in [1.165, 1.54) is 0 Å². The highest BCUT2D eigenvalue weighted by Crippen LogP contribution is 2.25. The Labute approximate surface area is 113 Å². The third-order valence-electron chi connectivity index (χ3n) is 1.88. The third kappa shape index (κ3) is 8.16. The zero-order valence-electron chi connectivity index (χ0n) is 12.3. The summed E-state index contributed by atoms with van der Waals surface area (Å²) >= 11 is 5.78. The Morgan fingerprint density at radius 3 is 1.47 bits per heavy atom. The first-order chi connectivity index (χ1) is 7.37. The molecule has 102 valence electrons. The summed E-state index contributed by atoms with van der Waals surface area (Å²) in [5, 5.41) is 0. The van der Waals surface area contributed by atoms with E-state index in [-0.39, 0.29) is 32.0 Å². The smallest absolute Gasteiger partial charge is 0.271 e. The van der Waals surface area contributed by atoms with Gasteiger partial charge in [0.2, 0.25) is 0 Å². The molecule has 0 spiro atoms. The lowest BCUT2D eigenvalue weighted by Gasteiger charge is -2.41. The van der Waals surface area contributed by atoms with Crippen LogP contribution in [-0.4, -0.2) is 32.0 Å². The first-order valence-electron chi connectivity index (χ1n) is 5.86. The largest absolute Gasteiger partial charge is 0.345 e. The summed E-state index contributed by atoms with van der Waals surface area (Å²) < 4.78 is 12.0. The lowest BCUT2D eigenvalue weighted by Crippen LogP contribution is -2.56. The van der Waals surface area contributed by atoms with Gasteiger partial charge in [0.1, 0.15) is 0 Å². The predicted octanol–water partition coefficient (Wildman–Crippen LogP) is 3.08. The molecule has 0 aliphatic heterocycles. The topological polar surface area (TPSA) is 30.5 Å². The molecular weight excluding hydrogens is 254 g/mol. The summed E-state index contributed by atoms with van der Waals surface area (Å²) in [6.07, 6.45) is -0.353. The van der Waals surface area contributed by atoms with E-state index in [0.29, 0.717) is 0 Å². The maximum atomic E-state index is 5.99. The van der Waals surface area contributed by atoms with Crippen molar-refractivity contribution >= 4 is 20.1 Å². The van der Waals surface area contributed by atoms with Crippen molar-refractivity contribution in [2.24, 2.45) is 0 Å². The second kappa shape index (κ2) is 6.02. The van der Waals surface area contributed by atoms with Crippen LogP contribution in [0.1, 0.15) is 55.4 Å². The SMILES string of the molecule is CC(C)(C)OC(OC(C)(C)C)C(C)(C)N[Si]Cl. The van der Waals surface area contributed by atoms with Crippen molar-refractivity contribution in [3.05, 3.63) is 0 Å². The fraction of sp³-hybridized carbons (Fsp3) is 1.00. The van der Waals surface area contributed by atoms with E-state index >= 15 is 0 Å². The molecule has 0 aromatic heterocycles. The van der Waals surface area contributed by atoms with Gasteiger partial charge in [0.05, 0.1) is 16.7 Å². The molecule has 1 N–H and O–H groups in total. The quantitative estimate of drug-likeness (QED) is 0.477. The van der Waals surface area contributed by atoms with Crippen molar-refractivity contribution in [1.29, 1.82) is 0 Å².